The van der Waals surface area contributed by atoms with Crippen LogP contribution in [0.5, 0.6) is 0 Å². The molecule has 0 unspecified atom stereocenters. The predicted octanol–water partition coefficient (Wildman–Crippen LogP) is 0.872. The van der Waals surface area contributed by atoms with E-state index in [-0.39, 0.29) is 16.9 Å². The predicted molar refractivity (Wildman–Crippen MR) is 65.0 cm³/mol. The minimum absolute atomic E-state index is 0.151. The molecule has 0 bridgehead atoms. The third-order valence-corrected chi connectivity index (χ3v) is 3.53. The number of hydrogen-bond acceptors (Lipinski definition) is 3. The summed E-state index contributed by atoms with van der Waals surface area (Å²) < 4.78 is 0. The third-order valence-electron chi connectivity index (χ3n) is 2.59. The molecule has 1 aromatic heterocycles. The number of H-pyrrole nitrogens is 1. The minimum Gasteiger partial charge on any atom is -0.364 e. The van der Waals surface area contributed by atoms with Crippen LogP contribution in [0.3, 0.4) is 0 Å². The lowest BCUT2D eigenvalue weighted by Crippen LogP contribution is -2.39. The maximum absolute atomic E-state index is 12.0. The number of rotatable bonds is 1. The van der Waals surface area contributed by atoms with Gasteiger partial charge in [-0.3, -0.25) is 9.59 Å². The van der Waals surface area contributed by atoms with Gasteiger partial charge in [0.15, 0.2) is 5.43 Å². The van der Waals surface area contributed by atoms with Crippen LogP contribution in [0.25, 0.3) is 0 Å². The summed E-state index contributed by atoms with van der Waals surface area (Å²) in [4.78, 5) is 28.3. The van der Waals surface area contributed by atoms with Gasteiger partial charge in [0.1, 0.15) is 5.56 Å². The molecule has 86 valence electrons. The number of thioether (sulfide) groups is 1. The van der Waals surface area contributed by atoms with E-state index in [9.17, 15) is 9.59 Å². The van der Waals surface area contributed by atoms with Gasteiger partial charge in [-0.15, -0.1) is 0 Å². The molecule has 0 radical (unpaired) electrons. The fourth-order valence-corrected chi connectivity index (χ4v) is 2.58. The van der Waals surface area contributed by atoms with Crippen LogP contribution in [0.1, 0.15) is 16.1 Å². The van der Waals surface area contributed by atoms with Crippen molar-refractivity contribution in [1.29, 1.82) is 0 Å². The smallest absolute Gasteiger partial charge is 0.259 e. The topological polar surface area (TPSA) is 53.2 Å². The molecule has 1 aliphatic rings. The highest BCUT2D eigenvalue weighted by Crippen LogP contribution is 2.11. The van der Waals surface area contributed by atoms with Gasteiger partial charge in [0, 0.05) is 42.6 Å². The Labute approximate surface area is 98.0 Å². The van der Waals surface area contributed by atoms with Crippen LogP contribution in [0.4, 0.5) is 0 Å². The van der Waals surface area contributed by atoms with E-state index < -0.39 is 0 Å². The molecule has 1 fully saturated rings. The average Bonchev–Trinajstić information content (AvgIpc) is 2.29. The molecule has 1 amide bonds. The summed E-state index contributed by atoms with van der Waals surface area (Å²) in [5, 5.41) is 0. The van der Waals surface area contributed by atoms with Crippen LogP contribution in [0.2, 0.25) is 0 Å². The summed E-state index contributed by atoms with van der Waals surface area (Å²) in [5.74, 6) is 1.76. The van der Waals surface area contributed by atoms with Crippen LogP contribution in [-0.4, -0.2) is 40.4 Å². The summed E-state index contributed by atoms with van der Waals surface area (Å²) in [6, 6.07) is 1.46. The van der Waals surface area contributed by atoms with Crippen molar-refractivity contribution in [2.45, 2.75) is 6.92 Å². The Morgan fingerprint density at radius 3 is 2.75 bits per heavy atom. The van der Waals surface area contributed by atoms with E-state index in [0.717, 1.165) is 30.3 Å². The second-order valence-electron chi connectivity index (χ2n) is 3.80. The Morgan fingerprint density at radius 1 is 1.44 bits per heavy atom. The molecule has 2 heterocycles. The maximum atomic E-state index is 12.0. The van der Waals surface area contributed by atoms with Crippen molar-refractivity contribution < 1.29 is 4.79 Å². The van der Waals surface area contributed by atoms with Gasteiger partial charge in [-0.05, 0) is 6.92 Å². The number of hydrogen-bond donors (Lipinski definition) is 1. The zero-order valence-electron chi connectivity index (χ0n) is 9.16. The first kappa shape index (κ1) is 11.3. The third kappa shape index (κ3) is 2.29. The summed E-state index contributed by atoms with van der Waals surface area (Å²) >= 11 is 1.84. The SMILES string of the molecule is Cc1cc(=O)c(C(=O)N2CCSCC2)c[nH]1. The van der Waals surface area contributed by atoms with Crippen LogP contribution >= 0.6 is 11.8 Å². The first-order chi connectivity index (χ1) is 7.68. The van der Waals surface area contributed by atoms with Crippen molar-refractivity contribution in [3.63, 3.8) is 0 Å². The second kappa shape index (κ2) is 4.74. The van der Waals surface area contributed by atoms with Gasteiger partial charge >= 0.3 is 0 Å². The van der Waals surface area contributed by atoms with E-state index in [2.05, 4.69) is 4.98 Å². The van der Waals surface area contributed by atoms with Crippen molar-refractivity contribution in [2.24, 2.45) is 0 Å². The highest BCUT2D eigenvalue weighted by atomic mass is 32.2. The summed E-state index contributed by atoms with van der Waals surface area (Å²) in [6.45, 7) is 3.26. The fourth-order valence-electron chi connectivity index (χ4n) is 1.68. The second-order valence-corrected chi connectivity index (χ2v) is 5.02. The maximum Gasteiger partial charge on any atom is 0.259 e. The number of aromatic amines is 1. The van der Waals surface area contributed by atoms with Crippen LogP contribution in [0, 0.1) is 6.92 Å². The number of carbonyl (C=O) groups excluding carboxylic acids is 1. The number of pyridine rings is 1. The molecule has 0 saturated carbocycles. The Balaban J connectivity index is 2.23. The standard InChI is InChI=1S/C11H14N2O2S/c1-8-6-10(14)9(7-12-8)11(15)13-2-4-16-5-3-13/h6-7H,2-5H2,1H3,(H,12,14). The number of aromatic nitrogens is 1. The molecule has 5 heteroatoms. The summed E-state index contributed by atoms with van der Waals surface area (Å²) in [6.07, 6.45) is 1.52. The molecule has 2 rings (SSSR count). The van der Waals surface area contributed by atoms with Gasteiger partial charge in [-0.25, -0.2) is 0 Å². The molecular formula is C11H14N2O2S. The van der Waals surface area contributed by atoms with Crippen molar-refractivity contribution in [3.8, 4) is 0 Å². The quantitative estimate of drug-likeness (QED) is 0.790. The molecule has 0 aromatic carbocycles. The molecule has 0 aliphatic carbocycles. The average molecular weight is 238 g/mol. The largest absolute Gasteiger partial charge is 0.364 e. The molecule has 0 spiro atoms. The zero-order chi connectivity index (χ0) is 11.5. The van der Waals surface area contributed by atoms with Crippen molar-refractivity contribution in [1.82, 2.24) is 9.88 Å². The lowest BCUT2D eigenvalue weighted by molar-refractivity contribution is 0.0770. The molecule has 1 N–H and O–H groups in total. The number of aryl methyl sites for hydroxylation is 1. The number of amides is 1. The highest BCUT2D eigenvalue weighted by Gasteiger charge is 2.20. The van der Waals surface area contributed by atoms with Gasteiger partial charge in [0.2, 0.25) is 0 Å². The van der Waals surface area contributed by atoms with Crippen LogP contribution < -0.4 is 5.43 Å². The van der Waals surface area contributed by atoms with E-state index in [1.54, 1.807) is 11.8 Å². The van der Waals surface area contributed by atoms with E-state index in [0.29, 0.717) is 0 Å². The normalized spacial score (nSPS) is 16.2. The van der Waals surface area contributed by atoms with Crippen LogP contribution in [-0.2, 0) is 0 Å². The Hall–Kier alpha value is -1.23. The Morgan fingerprint density at radius 2 is 2.12 bits per heavy atom. The van der Waals surface area contributed by atoms with E-state index in [1.807, 2.05) is 11.8 Å². The van der Waals surface area contributed by atoms with Gasteiger partial charge in [0.25, 0.3) is 5.91 Å². The number of nitrogens with one attached hydrogen (secondary N) is 1. The van der Waals surface area contributed by atoms with Crippen molar-refractivity contribution >= 4 is 17.7 Å². The van der Waals surface area contributed by atoms with E-state index >= 15 is 0 Å². The molecule has 1 saturated heterocycles. The summed E-state index contributed by atoms with van der Waals surface area (Å²) in [5.41, 5.74) is 0.827. The molecule has 1 aliphatic heterocycles. The zero-order valence-corrected chi connectivity index (χ0v) is 9.97. The van der Waals surface area contributed by atoms with Gasteiger partial charge < -0.3 is 9.88 Å². The van der Waals surface area contributed by atoms with E-state index in [4.69, 9.17) is 0 Å². The minimum atomic E-state index is -0.195. The molecule has 4 nitrogen and oxygen atoms in total. The van der Waals surface area contributed by atoms with Gasteiger partial charge in [-0.1, -0.05) is 0 Å². The molecule has 1 aromatic rings. The van der Waals surface area contributed by atoms with Gasteiger partial charge in [-0.2, -0.15) is 11.8 Å². The Bertz CT molecular complexity index is 450. The lowest BCUT2D eigenvalue weighted by atomic mass is 10.2. The van der Waals surface area contributed by atoms with Crippen molar-refractivity contribution in [3.05, 3.63) is 33.7 Å². The van der Waals surface area contributed by atoms with Crippen molar-refractivity contribution in [2.75, 3.05) is 24.6 Å². The van der Waals surface area contributed by atoms with E-state index in [1.165, 1.54) is 12.3 Å². The first-order valence-corrected chi connectivity index (χ1v) is 6.40. The fraction of sp³-hybridized carbons (Fsp3) is 0.455. The summed E-state index contributed by atoms with van der Waals surface area (Å²) in [7, 11) is 0. The highest BCUT2D eigenvalue weighted by molar-refractivity contribution is 7.99. The van der Waals surface area contributed by atoms with Gasteiger partial charge in [0.05, 0.1) is 0 Å². The number of nitrogens with zero attached hydrogens (tertiary/aromatic N) is 1. The number of carbonyl (C=O) groups is 1. The molecule has 0 atom stereocenters. The first-order valence-electron chi connectivity index (χ1n) is 5.25. The van der Waals surface area contributed by atoms with Crippen LogP contribution in [0.15, 0.2) is 17.1 Å². The molecular weight excluding hydrogens is 224 g/mol. The Kier molecular flexibility index (Phi) is 3.33. The lowest BCUT2D eigenvalue weighted by Gasteiger charge is -2.26. The monoisotopic (exact) mass is 238 g/mol. The molecule has 16 heavy (non-hydrogen) atoms.